The highest BCUT2D eigenvalue weighted by Crippen LogP contribution is 2.21. The molecule has 0 aromatic heterocycles. The van der Waals surface area contributed by atoms with Gasteiger partial charge in [0.25, 0.3) is 0 Å². The van der Waals surface area contributed by atoms with E-state index in [2.05, 4.69) is 31.1 Å². The Kier molecular flexibility index (Phi) is 7.06. The van der Waals surface area contributed by atoms with Crippen LogP contribution in [-0.2, 0) is 0 Å². The second-order valence-corrected chi connectivity index (χ2v) is 5.43. The Hall–Kier alpha value is -0.0800. The molecule has 0 aliphatic carbocycles. The third-order valence-electron chi connectivity index (χ3n) is 3.80. The molecule has 0 spiro atoms. The summed E-state index contributed by atoms with van der Waals surface area (Å²) in [6, 6.07) is 0.848. The fourth-order valence-electron chi connectivity index (χ4n) is 2.92. The van der Waals surface area contributed by atoms with Crippen LogP contribution < -0.4 is 5.32 Å². The van der Waals surface area contributed by atoms with Crippen molar-refractivity contribution < 1.29 is 0 Å². The number of likely N-dealkylation sites (tertiary alicyclic amines) is 1. The van der Waals surface area contributed by atoms with E-state index in [0.29, 0.717) is 0 Å². The normalized spacial score (nSPS) is 24.6. The first-order valence-corrected chi connectivity index (χ1v) is 7.16. The fraction of sp³-hybridized carbons (Fsp3) is 1.00. The van der Waals surface area contributed by atoms with Crippen molar-refractivity contribution in [2.45, 2.75) is 58.4 Å². The number of hydrogen-bond acceptors (Lipinski definition) is 2. The maximum atomic E-state index is 3.29. The van der Waals surface area contributed by atoms with Crippen LogP contribution in [0.1, 0.15) is 52.4 Å². The van der Waals surface area contributed by atoms with Crippen LogP contribution in [0.25, 0.3) is 0 Å². The Morgan fingerprint density at radius 3 is 2.88 bits per heavy atom. The molecular formula is C14H30N2. The molecule has 2 nitrogen and oxygen atoms in total. The van der Waals surface area contributed by atoms with Crippen molar-refractivity contribution in [1.82, 2.24) is 10.2 Å². The molecule has 1 rings (SSSR count). The fourth-order valence-corrected chi connectivity index (χ4v) is 2.92. The van der Waals surface area contributed by atoms with Crippen LogP contribution in [0.4, 0.5) is 0 Å². The van der Waals surface area contributed by atoms with E-state index in [-0.39, 0.29) is 0 Å². The highest BCUT2D eigenvalue weighted by Gasteiger charge is 2.22. The van der Waals surface area contributed by atoms with Crippen LogP contribution >= 0.6 is 0 Å². The van der Waals surface area contributed by atoms with Crippen molar-refractivity contribution in [3.8, 4) is 0 Å². The van der Waals surface area contributed by atoms with Crippen LogP contribution in [0.5, 0.6) is 0 Å². The van der Waals surface area contributed by atoms with Crippen LogP contribution in [0.3, 0.4) is 0 Å². The van der Waals surface area contributed by atoms with Crippen LogP contribution in [0.2, 0.25) is 0 Å². The third-order valence-corrected chi connectivity index (χ3v) is 3.80. The minimum atomic E-state index is 0.848. The summed E-state index contributed by atoms with van der Waals surface area (Å²) < 4.78 is 0. The second-order valence-electron chi connectivity index (χ2n) is 5.43. The maximum Gasteiger partial charge on any atom is 0.0107 e. The van der Waals surface area contributed by atoms with Gasteiger partial charge in [0.1, 0.15) is 0 Å². The molecule has 0 radical (unpaired) electrons. The first-order valence-electron chi connectivity index (χ1n) is 7.16. The second kappa shape index (κ2) is 8.08. The van der Waals surface area contributed by atoms with Gasteiger partial charge in [0.05, 0.1) is 0 Å². The Labute approximate surface area is 102 Å². The first kappa shape index (κ1) is 14.0. The van der Waals surface area contributed by atoms with E-state index >= 15 is 0 Å². The van der Waals surface area contributed by atoms with Gasteiger partial charge in [-0.2, -0.15) is 0 Å². The van der Waals surface area contributed by atoms with Crippen molar-refractivity contribution >= 4 is 0 Å². The molecule has 0 saturated carbocycles. The van der Waals surface area contributed by atoms with Gasteiger partial charge in [-0.1, -0.05) is 26.7 Å². The van der Waals surface area contributed by atoms with Gasteiger partial charge in [-0.3, -0.25) is 0 Å². The van der Waals surface area contributed by atoms with Crippen molar-refractivity contribution in [2.75, 3.05) is 26.7 Å². The van der Waals surface area contributed by atoms with Crippen molar-refractivity contribution in [2.24, 2.45) is 5.92 Å². The lowest BCUT2D eigenvalue weighted by molar-refractivity contribution is 0.119. The summed E-state index contributed by atoms with van der Waals surface area (Å²) in [4.78, 5) is 2.75. The third kappa shape index (κ3) is 4.84. The van der Waals surface area contributed by atoms with Gasteiger partial charge in [-0.05, 0) is 51.7 Å². The first-order chi connectivity index (χ1) is 7.77. The molecule has 1 fully saturated rings. The quantitative estimate of drug-likeness (QED) is 0.718. The lowest BCUT2D eigenvalue weighted by Gasteiger charge is -2.37. The van der Waals surface area contributed by atoms with Gasteiger partial charge in [-0.25, -0.2) is 0 Å². The van der Waals surface area contributed by atoms with Crippen LogP contribution in [0.15, 0.2) is 0 Å². The summed E-state index contributed by atoms with van der Waals surface area (Å²) in [5, 5.41) is 3.29. The van der Waals surface area contributed by atoms with E-state index in [1.165, 1.54) is 58.2 Å². The Morgan fingerprint density at radius 1 is 1.38 bits per heavy atom. The molecule has 1 N–H and O–H groups in total. The predicted molar refractivity (Wildman–Crippen MR) is 71.8 cm³/mol. The summed E-state index contributed by atoms with van der Waals surface area (Å²) in [6.45, 7) is 8.53. The van der Waals surface area contributed by atoms with Crippen molar-refractivity contribution in [1.29, 1.82) is 0 Å². The zero-order valence-corrected chi connectivity index (χ0v) is 11.5. The molecule has 16 heavy (non-hydrogen) atoms. The molecule has 0 amide bonds. The largest absolute Gasteiger partial charge is 0.320 e. The molecule has 2 heteroatoms. The highest BCUT2D eigenvalue weighted by molar-refractivity contribution is 4.78. The van der Waals surface area contributed by atoms with Gasteiger partial charge in [-0.15, -0.1) is 0 Å². The molecule has 2 unspecified atom stereocenters. The van der Waals surface area contributed by atoms with E-state index < -0.39 is 0 Å². The van der Waals surface area contributed by atoms with Gasteiger partial charge in [0, 0.05) is 12.6 Å². The number of hydrogen-bond donors (Lipinski definition) is 1. The molecule has 0 bridgehead atoms. The predicted octanol–water partition coefficient (Wildman–Crippen LogP) is 2.89. The minimum absolute atomic E-state index is 0.848. The summed E-state index contributed by atoms with van der Waals surface area (Å²) in [6.07, 6.45) is 8.31. The number of nitrogens with zero attached hydrogens (tertiary/aromatic N) is 1. The lowest BCUT2D eigenvalue weighted by atomic mass is 9.96. The van der Waals surface area contributed by atoms with E-state index in [0.717, 1.165) is 12.0 Å². The highest BCUT2D eigenvalue weighted by atomic mass is 15.2. The Balaban J connectivity index is 2.33. The van der Waals surface area contributed by atoms with Gasteiger partial charge in [0.2, 0.25) is 0 Å². The minimum Gasteiger partial charge on any atom is -0.320 e. The topological polar surface area (TPSA) is 15.3 Å². The molecule has 0 aromatic carbocycles. The van der Waals surface area contributed by atoms with E-state index in [4.69, 9.17) is 0 Å². The van der Waals surface area contributed by atoms with Gasteiger partial charge >= 0.3 is 0 Å². The maximum absolute atomic E-state index is 3.29. The number of nitrogens with one attached hydrogen (secondary N) is 1. The number of piperidine rings is 1. The zero-order valence-electron chi connectivity index (χ0n) is 11.5. The van der Waals surface area contributed by atoms with Gasteiger partial charge < -0.3 is 10.2 Å². The molecule has 1 aliphatic heterocycles. The molecule has 1 heterocycles. The van der Waals surface area contributed by atoms with Gasteiger partial charge in [0.15, 0.2) is 0 Å². The monoisotopic (exact) mass is 226 g/mol. The van der Waals surface area contributed by atoms with E-state index in [1.807, 2.05) is 0 Å². The van der Waals surface area contributed by atoms with E-state index in [1.54, 1.807) is 0 Å². The molecule has 2 atom stereocenters. The Bertz CT molecular complexity index is 170. The molecule has 1 saturated heterocycles. The summed E-state index contributed by atoms with van der Waals surface area (Å²) in [7, 11) is 2.06. The lowest BCUT2D eigenvalue weighted by Crippen LogP contribution is -2.43. The Morgan fingerprint density at radius 2 is 2.19 bits per heavy atom. The number of rotatable bonds is 7. The molecule has 1 aliphatic rings. The zero-order chi connectivity index (χ0) is 11.8. The SMILES string of the molecule is CCCC(C)CN1CCCCC1CCNC. The summed E-state index contributed by atoms with van der Waals surface area (Å²) in [5.74, 6) is 0.875. The molecule has 0 aromatic rings. The summed E-state index contributed by atoms with van der Waals surface area (Å²) in [5.41, 5.74) is 0. The summed E-state index contributed by atoms with van der Waals surface area (Å²) >= 11 is 0. The average Bonchev–Trinajstić information content (AvgIpc) is 2.28. The van der Waals surface area contributed by atoms with Crippen molar-refractivity contribution in [3.05, 3.63) is 0 Å². The van der Waals surface area contributed by atoms with Crippen LogP contribution in [0, 0.1) is 5.92 Å². The van der Waals surface area contributed by atoms with Crippen LogP contribution in [-0.4, -0.2) is 37.6 Å². The molecular weight excluding hydrogens is 196 g/mol. The van der Waals surface area contributed by atoms with E-state index in [9.17, 15) is 0 Å². The van der Waals surface area contributed by atoms with Crippen molar-refractivity contribution in [3.63, 3.8) is 0 Å². The average molecular weight is 226 g/mol. The smallest absolute Gasteiger partial charge is 0.0107 e. The standard InChI is InChI=1S/C14H30N2/c1-4-7-13(2)12-16-11-6-5-8-14(16)9-10-15-3/h13-15H,4-12H2,1-3H3. The molecule has 96 valence electrons.